The SMILES string of the molecule is CNC(c1ccsc1)C1CN2CCN1CC2. The van der Waals surface area contributed by atoms with E-state index in [4.69, 9.17) is 0 Å². The van der Waals surface area contributed by atoms with Crippen molar-refractivity contribution in [1.29, 1.82) is 0 Å². The Morgan fingerprint density at radius 3 is 2.69 bits per heavy atom. The third-order valence-electron chi connectivity index (χ3n) is 3.92. The van der Waals surface area contributed by atoms with Crippen LogP contribution in [0.2, 0.25) is 0 Å². The standard InChI is InChI=1S/C12H19N3S/c1-13-12(10-2-7-16-9-10)11-8-14-3-5-15(11)6-4-14/h2,7,9,11-13H,3-6,8H2,1H3. The molecule has 4 heteroatoms. The van der Waals surface area contributed by atoms with Gasteiger partial charge in [0.2, 0.25) is 0 Å². The molecule has 2 atom stereocenters. The Hall–Kier alpha value is -0.420. The molecule has 3 aliphatic heterocycles. The number of hydrogen-bond acceptors (Lipinski definition) is 4. The zero-order chi connectivity index (χ0) is 11.0. The maximum Gasteiger partial charge on any atom is 0.0496 e. The van der Waals surface area contributed by atoms with Crippen molar-refractivity contribution >= 4 is 11.3 Å². The largest absolute Gasteiger partial charge is 0.312 e. The fourth-order valence-electron chi connectivity index (χ4n) is 3.01. The first kappa shape index (κ1) is 10.7. The Morgan fingerprint density at radius 2 is 2.19 bits per heavy atom. The summed E-state index contributed by atoms with van der Waals surface area (Å²) in [6.07, 6.45) is 0. The minimum atomic E-state index is 0.495. The summed E-state index contributed by atoms with van der Waals surface area (Å²) in [5.41, 5.74) is 1.45. The molecule has 4 rings (SSSR count). The smallest absolute Gasteiger partial charge is 0.0496 e. The van der Waals surface area contributed by atoms with Gasteiger partial charge in [0.1, 0.15) is 0 Å². The Labute approximate surface area is 101 Å². The summed E-state index contributed by atoms with van der Waals surface area (Å²) < 4.78 is 0. The third-order valence-corrected chi connectivity index (χ3v) is 4.62. The fraction of sp³-hybridized carbons (Fsp3) is 0.667. The Kier molecular flexibility index (Phi) is 2.98. The van der Waals surface area contributed by atoms with Crippen LogP contribution in [-0.2, 0) is 0 Å². The van der Waals surface area contributed by atoms with Gasteiger partial charge in [-0.15, -0.1) is 0 Å². The van der Waals surface area contributed by atoms with E-state index in [9.17, 15) is 0 Å². The lowest BCUT2D eigenvalue weighted by Crippen LogP contribution is -2.63. The third kappa shape index (κ3) is 1.80. The van der Waals surface area contributed by atoms with E-state index in [2.05, 4.69) is 39.0 Å². The van der Waals surface area contributed by atoms with Gasteiger partial charge in [0.15, 0.2) is 0 Å². The molecule has 0 aromatic carbocycles. The molecule has 1 N–H and O–H groups in total. The van der Waals surface area contributed by atoms with E-state index < -0.39 is 0 Å². The van der Waals surface area contributed by atoms with Crippen LogP contribution in [0.1, 0.15) is 11.6 Å². The zero-order valence-corrected chi connectivity index (χ0v) is 10.5. The molecule has 0 spiro atoms. The van der Waals surface area contributed by atoms with Gasteiger partial charge in [-0.25, -0.2) is 0 Å². The molecule has 2 unspecified atom stereocenters. The molecule has 1 aromatic heterocycles. The van der Waals surface area contributed by atoms with Crippen LogP contribution in [0.4, 0.5) is 0 Å². The molecule has 2 bridgehead atoms. The van der Waals surface area contributed by atoms with Gasteiger partial charge in [-0.05, 0) is 29.4 Å². The van der Waals surface area contributed by atoms with E-state index in [0.717, 1.165) is 0 Å². The fourth-order valence-corrected chi connectivity index (χ4v) is 3.70. The van der Waals surface area contributed by atoms with Gasteiger partial charge in [0.05, 0.1) is 0 Å². The van der Waals surface area contributed by atoms with Crippen LogP contribution in [0.25, 0.3) is 0 Å². The van der Waals surface area contributed by atoms with Gasteiger partial charge in [-0.1, -0.05) is 0 Å². The van der Waals surface area contributed by atoms with E-state index >= 15 is 0 Å². The predicted molar refractivity (Wildman–Crippen MR) is 67.9 cm³/mol. The van der Waals surface area contributed by atoms with Crippen LogP contribution in [0.15, 0.2) is 16.8 Å². The highest BCUT2D eigenvalue weighted by Gasteiger charge is 2.36. The molecule has 4 heterocycles. The second-order valence-corrected chi connectivity index (χ2v) is 5.51. The molecular weight excluding hydrogens is 218 g/mol. The summed E-state index contributed by atoms with van der Waals surface area (Å²) in [6.45, 7) is 6.23. The molecule has 88 valence electrons. The second-order valence-electron chi connectivity index (χ2n) is 4.73. The van der Waals surface area contributed by atoms with Gasteiger partial charge in [-0.2, -0.15) is 11.3 Å². The van der Waals surface area contributed by atoms with Gasteiger partial charge < -0.3 is 5.32 Å². The maximum atomic E-state index is 3.50. The summed E-state index contributed by atoms with van der Waals surface area (Å²) in [5.74, 6) is 0. The van der Waals surface area contributed by atoms with Gasteiger partial charge >= 0.3 is 0 Å². The number of piperazine rings is 3. The van der Waals surface area contributed by atoms with Crippen molar-refractivity contribution in [2.75, 3.05) is 39.8 Å². The van der Waals surface area contributed by atoms with Crippen molar-refractivity contribution in [3.8, 4) is 0 Å². The van der Waals surface area contributed by atoms with E-state index in [1.807, 2.05) is 0 Å². The van der Waals surface area contributed by atoms with Gasteiger partial charge in [-0.3, -0.25) is 9.80 Å². The highest BCUT2D eigenvalue weighted by atomic mass is 32.1. The number of nitrogens with zero attached hydrogens (tertiary/aromatic N) is 2. The summed E-state index contributed by atoms with van der Waals surface area (Å²) in [5, 5.41) is 7.95. The lowest BCUT2D eigenvalue weighted by Gasteiger charge is -2.50. The minimum Gasteiger partial charge on any atom is -0.312 e. The molecule has 3 nitrogen and oxygen atoms in total. The maximum absolute atomic E-state index is 3.50. The monoisotopic (exact) mass is 237 g/mol. The molecule has 1 aromatic rings. The van der Waals surface area contributed by atoms with Gasteiger partial charge in [0.25, 0.3) is 0 Å². The average molecular weight is 237 g/mol. The predicted octanol–water partition coefficient (Wildman–Crippen LogP) is 1.01. The van der Waals surface area contributed by atoms with E-state index in [1.54, 1.807) is 11.3 Å². The number of nitrogens with one attached hydrogen (secondary N) is 1. The van der Waals surface area contributed by atoms with Crippen LogP contribution in [0.5, 0.6) is 0 Å². The number of rotatable bonds is 3. The zero-order valence-electron chi connectivity index (χ0n) is 9.72. The molecule has 0 amide bonds. The molecule has 16 heavy (non-hydrogen) atoms. The Balaban J connectivity index is 1.80. The lowest BCUT2D eigenvalue weighted by atomic mass is 9.96. The van der Waals surface area contributed by atoms with Crippen molar-refractivity contribution in [2.45, 2.75) is 12.1 Å². The molecule has 3 aliphatic rings. The molecule has 0 radical (unpaired) electrons. The van der Waals surface area contributed by atoms with Crippen LogP contribution in [0, 0.1) is 0 Å². The molecular formula is C12H19N3S. The summed E-state index contributed by atoms with van der Waals surface area (Å²) in [7, 11) is 2.08. The lowest BCUT2D eigenvalue weighted by molar-refractivity contribution is -0.00248. The van der Waals surface area contributed by atoms with Gasteiger partial charge in [0, 0.05) is 44.8 Å². The average Bonchev–Trinajstić information content (AvgIpc) is 2.85. The van der Waals surface area contributed by atoms with E-state index in [0.29, 0.717) is 12.1 Å². The molecule has 0 aliphatic carbocycles. The molecule has 0 saturated carbocycles. The molecule has 3 fully saturated rings. The first-order valence-corrected chi connectivity index (χ1v) is 6.98. The summed E-state index contributed by atoms with van der Waals surface area (Å²) in [4.78, 5) is 5.25. The number of thiophene rings is 1. The first-order valence-electron chi connectivity index (χ1n) is 6.04. The van der Waals surface area contributed by atoms with Crippen LogP contribution >= 0.6 is 11.3 Å². The van der Waals surface area contributed by atoms with Crippen LogP contribution in [0.3, 0.4) is 0 Å². The highest BCUT2D eigenvalue weighted by Crippen LogP contribution is 2.28. The second kappa shape index (κ2) is 4.45. The minimum absolute atomic E-state index is 0.495. The van der Waals surface area contributed by atoms with Crippen molar-refractivity contribution < 1.29 is 0 Å². The van der Waals surface area contributed by atoms with Crippen molar-refractivity contribution in [3.05, 3.63) is 22.4 Å². The number of likely N-dealkylation sites (N-methyl/N-ethyl adjacent to an activating group) is 1. The summed E-state index contributed by atoms with van der Waals surface area (Å²) >= 11 is 1.80. The quantitative estimate of drug-likeness (QED) is 0.846. The topological polar surface area (TPSA) is 18.5 Å². The highest BCUT2D eigenvalue weighted by molar-refractivity contribution is 7.07. The number of fused-ring (bicyclic) bond motifs is 3. The number of hydrogen-bond donors (Lipinski definition) is 1. The van der Waals surface area contributed by atoms with Crippen molar-refractivity contribution in [2.24, 2.45) is 0 Å². The first-order chi connectivity index (χ1) is 7.88. The Bertz CT molecular complexity index is 330. The Morgan fingerprint density at radius 1 is 1.38 bits per heavy atom. The summed E-state index contributed by atoms with van der Waals surface area (Å²) in [6, 6.07) is 3.40. The van der Waals surface area contributed by atoms with E-state index in [-0.39, 0.29) is 0 Å². The van der Waals surface area contributed by atoms with Crippen LogP contribution in [-0.4, -0.2) is 55.6 Å². The normalized spacial score (nSPS) is 35.2. The van der Waals surface area contributed by atoms with E-state index in [1.165, 1.54) is 38.3 Å². The van der Waals surface area contributed by atoms with Crippen molar-refractivity contribution in [3.63, 3.8) is 0 Å². The van der Waals surface area contributed by atoms with Crippen LogP contribution < -0.4 is 5.32 Å². The molecule has 3 saturated heterocycles. The van der Waals surface area contributed by atoms with Crippen molar-refractivity contribution in [1.82, 2.24) is 15.1 Å².